The number of rotatable bonds is 6. The SMILES string of the molecule is CC(C)c1cc(C(C)C)cc(-n2c(-c3ccccc3)nc3c(-c4cccc(-c5cc6ccccc6cc5O)n4)cccc32)c1. The number of fused-ring (bicyclic) bond motifs is 2. The van der Waals surface area contributed by atoms with Crippen LogP contribution in [0.3, 0.4) is 0 Å². The molecule has 0 radical (unpaired) electrons. The number of hydrogen-bond acceptors (Lipinski definition) is 3. The van der Waals surface area contributed by atoms with Gasteiger partial charge in [-0.1, -0.05) is 107 Å². The lowest BCUT2D eigenvalue weighted by Crippen LogP contribution is -2.02. The van der Waals surface area contributed by atoms with E-state index >= 15 is 0 Å². The average Bonchev–Trinajstić information content (AvgIpc) is 3.44. The summed E-state index contributed by atoms with van der Waals surface area (Å²) >= 11 is 0. The van der Waals surface area contributed by atoms with Crippen LogP contribution in [-0.4, -0.2) is 19.6 Å². The highest BCUT2D eigenvalue weighted by molar-refractivity contribution is 5.95. The summed E-state index contributed by atoms with van der Waals surface area (Å²) < 4.78 is 2.30. The molecule has 1 N–H and O–H groups in total. The molecule has 0 aliphatic rings. The minimum absolute atomic E-state index is 0.216. The van der Waals surface area contributed by atoms with E-state index < -0.39 is 0 Å². The summed E-state index contributed by atoms with van der Waals surface area (Å²) in [7, 11) is 0. The zero-order chi connectivity index (χ0) is 30.4. The maximum atomic E-state index is 11.0. The Balaban J connectivity index is 1.45. The molecule has 0 fully saturated rings. The number of nitrogens with zero attached hydrogens (tertiary/aromatic N) is 3. The van der Waals surface area contributed by atoms with E-state index in [2.05, 4.69) is 99.0 Å². The van der Waals surface area contributed by atoms with Crippen molar-refractivity contribution in [1.82, 2.24) is 14.5 Å². The molecule has 7 rings (SSSR count). The van der Waals surface area contributed by atoms with Gasteiger partial charge in [0.25, 0.3) is 0 Å². The maximum Gasteiger partial charge on any atom is 0.145 e. The zero-order valence-electron chi connectivity index (χ0n) is 25.5. The predicted molar refractivity (Wildman–Crippen MR) is 183 cm³/mol. The van der Waals surface area contributed by atoms with Crippen LogP contribution < -0.4 is 0 Å². The minimum Gasteiger partial charge on any atom is -0.507 e. The summed E-state index contributed by atoms with van der Waals surface area (Å²) in [5.41, 5.74) is 9.89. The molecular formula is C40H35N3O. The Labute approximate surface area is 258 Å². The number of phenolic OH excluding ortho intramolecular Hbond substituents is 1. The number of aromatic nitrogens is 3. The summed E-state index contributed by atoms with van der Waals surface area (Å²) in [6, 6.07) is 41.5. The van der Waals surface area contributed by atoms with E-state index in [1.807, 2.05) is 54.6 Å². The maximum absolute atomic E-state index is 11.0. The van der Waals surface area contributed by atoms with Crippen molar-refractivity contribution >= 4 is 21.8 Å². The number of para-hydroxylation sites is 1. The Morgan fingerprint density at radius 1 is 0.568 bits per heavy atom. The van der Waals surface area contributed by atoms with Gasteiger partial charge in [0.05, 0.1) is 22.4 Å². The third-order valence-corrected chi connectivity index (χ3v) is 8.44. The van der Waals surface area contributed by atoms with Gasteiger partial charge >= 0.3 is 0 Å². The highest BCUT2D eigenvalue weighted by Gasteiger charge is 2.20. The van der Waals surface area contributed by atoms with Crippen LogP contribution in [0.1, 0.15) is 50.7 Å². The topological polar surface area (TPSA) is 50.9 Å². The van der Waals surface area contributed by atoms with E-state index in [-0.39, 0.29) is 5.75 Å². The summed E-state index contributed by atoms with van der Waals surface area (Å²) in [6.45, 7) is 8.99. The Hall–Kier alpha value is -5.22. The Bertz CT molecular complexity index is 2110. The van der Waals surface area contributed by atoms with Crippen LogP contribution in [-0.2, 0) is 0 Å². The largest absolute Gasteiger partial charge is 0.507 e. The number of imidazole rings is 1. The number of hydrogen-bond donors (Lipinski definition) is 1. The van der Waals surface area contributed by atoms with Gasteiger partial charge in [0.1, 0.15) is 11.6 Å². The summed E-state index contributed by atoms with van der Waals surface area (Å²) in [6.07, 6.45) is 0. The van der Waals surface area contributed by atoms with E-state index in [1.165, 1.54) is 11.1 Å². The van der Waals surface area contributed by atoms with Crippen molar-refractivity contribution in [2.45, 2.75) is 39.5 Å². The molecule has 0 aliphatic heterocycles. The van der Waals surface area contributed by atoms with Crippen molar-refractivity contribution < 1.29 is 5.11 Å². The normalized spacial score (nSPS) is 11.7. The molecule has 0 aliphatic carbocycles. The lowest BCUT2D eigenvalue weighted by Gasteiger charge is -2.17. The lowest BCUT2D eigenvalue weighted by molar-refractivity contribution is 0.478. The van der Waals surface area contributed by atoms with Gasteiger partial charge in [-0.05, 0) is 76.2 Å². The lowest BCUT2D eigenvalue weighted by atomic mass is 9.94. The second-order valence-corrected chi connectivity index (χ2v) is 12.1. The molecule has 0 atom stereocenters. The van der Waals surface area contributed by atoms with Crippen molar-refractivity contribution in [3.8, 4) is 45.3 Å². The first-order valence-corrected chi connectivity index (χ1v) is 15.3. The van der Waals surface area contributed by atoms with Crippen molar-refractivity contribution in [1.29, 1.82) is 0 Å². The molecule has 0 unspecified atom stereocenters. The van der Waals surface area contributed by atoms with Crippen LogP contribution in [0.2, 0.25) is 0 Å². The standard InChI is InChI=1S/C40H35N3O/c1-25(2)30-20-31(26(3)4)22-32(21-30)43-37-19-10-16-33(39(37)42-40(43)27-12-6-5-7-13-27)35-17-11-18-36(41-35)34-23-28-14-8-9-15-29(28)24-38(34)44/h5-26,44H,1-4H3. The molecule has 0 amide bonds. The number of phenols is 1. The fraction of sp³-hybridized carbons (Fsp3) is 0.150. The minimum atomic E-state index is 0.216. The molecule has 2 aromatic heterocycles. The third-order valence-electron chi connectivity index (χ3n) is 8.44. The van der Waals surface area contributed by atoms with E-state index in [1.54, 1.807) is 0 Å². The van der Waals surface area contributed by atoms with Gasteiger partial charge in [-0.3, -0.25) is 4.57 Å². The highest BCUT2D eigenvalue weighted by Crippen LogP contribution is 2.37. The second-order valence-electron chi connectivity index (χ2n) is 12.1. The first-order chi connectivity index (χ1) is 21.4. The Morgan fingerprint density at radius 2 is 1.18 bits per heavy atom. The fourth-order valence-corrected chi connectivity index (χ4v) is 5.97. The summed E-state index contributed by atoms with van der Waals surface area (Å²) in [5.74, 6) is 1.91. The smallest absolute Gasteiger partial charge is 0.145 e. The van der Waals surface area contributed by atoms with Crippen LogP contribution in [0, 0.1) is 0 Å². The Kier molecular flexibility index (Phi) is 6.98. The fourth-order valence-electron chi connectivity index (χ4n) is 5.97. The van der Waals surface area contributed by atoms with E-state index in [9.17, 15) is 5.11 Å². The molecule has 0 saturated heterocycles. The molecule has 0 bridgehead atoms. The van der Waals surface area contributed by atoms with Crippen LogP contribution >= 0.6 is 0 Å². The highest BCUT2D eigenvalue weighted by atomic mass is 16.3. The molecule has 5 aromatic carbocycles. The van der Waals surface area contributed by atoms with Crippen LogP contribution in [0.5, 0.6) is 5.75 Å². The molecule has 4 heteroatoms. The average molecular weight is 574 g/mol. The van der Waals surface area contributed by atoms with Crippen molar-refractivity contribution in [3.63, 3.8) is 0 Å². The first kappa shape index (κ1) is 27.6. The van der Waals surface area contributed by atoms with Gasteiger partial charge in [-0.25, -0.2) is 9.97 Å². The monoisotopic (exact) mass is 573 g/mol. The van der Waals surface area contributed by atoms with E-state index in [4.69, 9.17) is 9.97 Å². The summed E-state index contributed by atoms with van der Waals surface area (Å²) in [4.78, 5) is 10.4. The third kappa shape index (κ3) is 4.92. The molecule has 0 saturated carbocycles. The van der Waals surface area contributed by atoms with Crippen LogP contribution in [0.4, 0.5) is 0 Å². The van der Waals surface area contributed by atoms with Crippen molar-refractivity contribution in [2.24, 2.45) is 0 Å². The molecule has 2 heterocycles. The van der Waals surface area contributed by atoms with Gasteiger partial charge in [0.15, 0.2) is 0 Å². The second kappa shape index (κ2) is 11.1. The molecule has 4 nitrogen and oxygen atoms in total. The first-order valence-electron chi connectivity index (χ1n) is 15.3. The number of pyridine rings is 1. The molecule has 0 spiro atoms. The summed E-state index contributed by atoms with van der Waals surface area (Å²) in [5, 5.41) is 13.0. The molecular weight excluding hydrogens is 538 g/mol. The van der Waals surface area contributed by atoms with Crippen molar-refractivity contribution in [3.05, 3.63) is 132 Å². The molecule has 44 heavy (non-hydrogen) atoms. The zero-order valence-corrected chi connectivity index (χ0v) is 25.5. The number of aromatic hydroxyl groups is 1. The van der Waals surface area contributed by atoms with Crippen LogP contribution in [0.15, 0.2) is 121 Å². The van der Waals surface area contributed by atoms with Crippen LogP contribution in [0.25, 0.3) is 61.4 Å². The van der Waals surface area contributed by atoms with Gasteiger partial charge in [-0.15, -0.1) is 0 Å². The van der Waals surface area contributed by atoms with E-state index in [0.717, 1.165) is 55.8 Å². The Morgan fingerprint density at radius 3 is 1.86 bits per heavy atom. The van der Waals surface area contributed by atoms with Gasteiger partial charge < -0.3 is 5.11 Å². The van der Waals surface area contributed by atoms with Gasteiger partial charge in [0, 0.05) is 22.4 Å². The van der Waals surface area contributed by atoms with Gasteiger partial charge in [-0.2, -0.15) is 0 Å². The molecule has 216 valence electrons. The predicted octanol–water partition coefficient (Wildman–Crippen LogP) is 10.5. The molecule has 7 aromatic rings. The van der Waals surface area contributed by atoms with Crippen molar-refractivity contribution in [2.75, 3.05) is 0 Å². The quantitative estimate of drug-likeness (QED) is 0.215. The van der Waals surface area contributed by atoms with E-state index in [0.29, 0.717) is 17.4 Å². The number of benzene rings is 5. The van der Waals surface area contributed by atoms with Gasteiger partial charge in [0.2, 0.25) is 0 Å².